The molecule has 20 heavy (non-hydrogen) atoms. The summed E-state index contributed by atoms with van der Waals surface area (Å²) in [5.74, 6) is -0.976. The minimum absolute atomic E-state index is 0.0144. The number of rotatable bonds is 7. The third-order valence-electron chi connectivity index (χ3n) is 3.62. The molecule has 0 heterocycles. The molecular formula is C16H22N2O2. The second-order valence-corrected chi connectivity index (χ2v) is 5.25. The van der Waals surface area contributed by atoms with Gasteiger partial charge in [0, 0.05) is 12.1 Å². The number of carbonyl (C=O) groups excluding carboxylic acids is 1. The summed E-state index contributed by atoms with van der Waals surface area (Å²) in [6.45, 7) is 3.85. The van der Waals surface area contributed by atoms with E-state index in [-0.39, 0.29) is 12.5 Å². The molecule has 0 aliphatic heterocycles. The van der Waals surface area contributed by atoms with Crippen LogP contribution in [0.4, 0.5) is 0 Å². The van der Waals surface area contributed by atoms with E-state index >= 15 is 0 Å². The van der Waals surface area contributed by atoms with Crippen molar-refractivity contribution >= 4 is 5.91 Å². The topological polar surface area (TPSA) is 73.1 Å². The van der Waals surface area contributed by atoms with Gasteiger partial charge in [-0.05, 0) is 31.7 Å². The average molecular weight is 274 g/mol. The zero-order valence-corrected chi connectivity index (χ0v) is 12.1. The summed E-state index contributed by atoms with van der Waals surface area (Å²) in [7, 11) is 0. The van der Waals surface area contributed by atoms with Crippen LogP contribution in [0.2, 0.25) is 0 Å². The van der Waals surface area contributed by atoms with Crippen molar-refractivity contribution in [2.75, 3.05) is 6.61 Å². The van der Waals surface area contributed by atoms with Gasteiger partial charge in [0.1, 0.15) is 5.92 Å². The zero-order chi connectivity index (χ0) is 15.0. The van der Waals surface area contributed by atoms with Gasteiger partial charge < -0.3 is 10.4 Å². The number of nitrogens with one attached hydrogen (secondary N) is 1. The highest BCUT2D eigenvalue weighted by molar-refractivity contribution is 5.82. The Hall–Kier alpha value is -1.86. The molecule has 1 rings (SSSR count). The molecule has 0 saturated carbocycles. The maximum absolute atomic E-state index is 12.2. The molecule has 0 spiro atoms. The van der Waals surface area contributed by atoms with E-state index in [9.17, 15) is 10.1 Å². The number of hydrogen-bond donors (Lipinski definition) is 2. The van der Waals surface area contributed by atoms with Gasteiger partial charge in [-0.15, -0.1) is 0 Å². The van der Waals surface area contributed by atoms with Crippen molar-refractivity contribution in [2.45, 2.75) is 38.6 Å². The fourth-order valence-corrected chi connectivity index (χ4v) is 2.01. The molecule has 0 aliphatic carbocycles. The maximum atomic E-state index is 12.2. The number of aliphatic hydroxyl groups is 1. The summed E-state index contributed by atoms with van der Waals surface area (Å²) < 4.78 is 0. The van der Waals surface area contributed by atoms with Crippen molar-refractivity contribution < 1.29 is 9.90 Å². The first kappa shape index (κ1) is 16.2. The molecule has 4 nitrogen and oxygen atoms in total. The van der Waals surface area contributed by atoms with Gasteiger partial charge in [0.25, 0.3) is 0 Å². The summed E-state index contributed by atoms with van der Waals surface area (Å²) >= 11 is 0. The van der Waals surface area contributed by atoms with Crippen LogP contribution in [0.25, 0.3) is 0 Å². The third kappa shape index (κ3) is 4.67. The second kappa shape index (κ2) is 7.66. The van der Waals surface area contributed by atoms with Crippen molar-refractivity contribution in [3.05, 3.63) is 35.9 Å². The standard InChI is InChI=1S/C16H22N2O2/c1-3-16(2,9-10-19)18-15(20)14(12-17)11-13-7-5-4-6-8-13/h4-8,14,19H,3,9-11H2,1-2H3,(H,18,20). The van der Waals surface area contributed by atoms with Gasteiger partial charge in [0.2, 0.25) is 5.91 Å². The molecule has 0 radical (unpaired) electrons. The number of amides is 1. The van der Waals surface area contributed by atoms with E-state index < -0.39 is 11.5 Å². The Kier molecular flexibility index (Phi) is 6.20. The number of hydrogen-bond acceptors (Lipinski definition) is 3. The molecule has 2 atom stereocenters. The van der Waals surface area contributed by atoms with Crippen LogP contribution in [0.5, 0.6) is 0 Å². The van der Waals surface area contributed by atoms with Gasteiger partial charge in [0.15, 0.2) is 0 Å². The summed E-state index contributed by atoms with van der Waals surface area (Å²) in [5, 5.41) is 21.2. The van der Waals surface area contributed by atoms with Crippen LogP contribution >= 0.6 is 0 Å². The Morgan fingerprint density at radius 3 is 2.60 bits per heavy atom. The number of nitriles is 1. The Balaban J connectivity index is 2.71. The van der Waals surface area contributed by atoms with Crippen LogP contribution in [-0.2, 0) is 11.2 Å². The molecule has 4 heteroatoms. The Morgan fingerprint density at radius 1 is 1.45 bits per heavy atom. The van der Waals surface area contributed by atoms with Crippen molar-refractivity contribution in [3.63, 3.8) is 0 Å². The number of aliphatic hydroxyl groups excluding tert-OH is 1. The second-order valence-electron chi connectivity index (χ2n) is 5.25. The molecule has 0 bridgehead atoms. The van der Waals surface area contributed by atoms with Crippen LogP contribution < -0.4 is 5.32 Å². The van der Waals surface area contributed by atoms with Crippen LogP contribution in [0.15, 0.2) is 30.3 Å². The van der Waals surface area contributed by atoms with Crippen LogP contribution in [0.1, 0.15) is 32.3 Å². The Morgan fingerprint density at radius 2 is 2.10 bits per heavy atom. The highest BCUT2D eigenvalue weighted by Gasteiger charge is 2.27. The van der Waals surface area contributed by atoms with E-state index in [0.717, 1.165) is 5.56 Å². The van der Waals surface area contributed by atoms with E-state index in [4.69, 9.17) is 5.11 Å². The average Bonchev–Trinajstić information content (AvgIpc) is 2.46. The lowest BCUT2D eigenvalue weighted by molar-refractivity contribution is -0.125. The Bertz CT molecular complexity index is 467. The monoisotopic (exact) mass is 274 g/mol. The molecule has 108 valence electrons. The van der Waals surface area contributed by atoms with Crippen LogP contribution in [0.3, 0.4) is 0 Å². The van der Waals surface area contributed by atoms with Gasteiger partial charge in [-0.3, -0.25) is 4.79 Å². The number of carbonyl (C=O) groups is 1. The van der Waals surface area contributed by atoms with Crippen LogP contribution in [-0.4, -0.2) is 23.2 Å². The molecule has 1 aromatic carbocycles. The molecule has 0 aromatic heterocycles. The molecule has 1 amide bonds. The highest BCUT2D eigenvalue weighted by Crippen LogP contribution is 2.16. The minimum atomic E-state index is -0.707. The molecule has 0 fully saturated rings. The van der Waals surface area contributed by atoms with E-state index in [1.165, 1.54) is 0 Å². The lowest BCUT2D eigenvalue weighted by Crippen LogP contribution is -2.48. The van der Waals surface area contributed by atoms with Gasteiger partial charge in [-0.25, -0.2) is 0 Å². The largest absolute Gasteiger partial charge is 0.396 e. The first-order chi connectivity index (χ1) is 9.54. The minimum Gasteiger partial charge on any atom is -0.396 e. The molecular weight excluding hydrogens is 252 g/mol. The number of benzene rings is 1. The van der Waals surface area contributed by atoms with E-state index in [1.54, 1.807) is 0 Å². The van der Waals surface area contributed by atoms with Gasteiger partial charge in [0.05, 0.1) is 6.07 Å². The van der Waals surface area contributed by atoms with Crippen molar-refractivity contribution in [1.29, 1.82) is 5.26 Å². The first-order valence-electron chi connectivity index (χ1n) is 6.91. The lowest BCUT2D eigenvalue weighted by atomic mass is 9.92. The quantitative estimate of drug-likeness (QED) is 0.799. The number of nitrogens with zero attached hydrogens (tertiary/aromatic N) is 1. The predicted molar refractivity (Wildman–Crippen MR) is 77.8 cm³/mol. The SMILES string of the molecule is CCC(C)(CCO)NC(=O)C(C#N)Cc1ccccc1. The molecule has 0 saturated heterocycles. The van der Waals surface area contributed by atoms with Gasteiger partial charge in [-0.2, -0.15) is 5.26 Å². The molecule has 2 N–H and O–H groups in total. The van der Waals surface area contributed by atoms with Crippen molar-refractivity contribution in [1.82, 2.24) is 5.32 Å². The van der Waals surface area contributed by atoms with Crippen molar-refractivity contribution in [2.24, 2.45) is 5.92 Å². The third-order valence-corrected chi connectivity index (χ3v) is 3.62. The molecule has 1 aromatic rings. The van der Waals surface area contributed by atoms with Gasteiger partial charge >= 0.3 is 0 Å². The van der Waals surface area contributed by atoms with E-state index in [0.29, 0.717) is 19.3 Å². The van der Waals surface area contributed by atoms with E-state index in [2.05, 4.69) is 11.4 Å². The summed E-state index contributed by atoms with van der Waals surface area (Å²) in [4.78, 5) is 12.2. The fraction of sp³-hybridized carbons (Fsp3) is 0.500. The molecule has 2 unspecified atom stereocenters. The smallest absolute Gasteiger partial charge is 0.238 e. The zero-order valence-electron chi connectivity index (χ0n) is 12.1. The summed E-state index contributed by atoms with van der Waals surface area (Å²) in [6.07, 6.45) is 1.60. The highest BCUT2D eigenvalue weighted by atomic mass is 16.3. The fourth-order valence-electron chi connectivity index (χ4n) is 2.01. The maximum Gasteiger partial charge on any atom is 0.238 e. The van der Waals surface area contributed by atoms with E-state index in [1.807, 2.05) is 44.2 Å². The molecule has 0 aliphatic rings. The summed E-state index contributed by atoms with van der Waals surface area (Å²) in [6, 6.07) is 11.6. The Labute approximate surface area is 120 Å². The normalized spacial score (nSPS) is 14.9. The van der Waals surface area contributed by atoms with Crippen LogP contribution in [0, 0.1) is 17.2 Å². The van der Waals surface area contributed by atoms with Crippen molar-refractivity contribution in [3.8, 4) is 6.07 Å². The predicted octanol–water partition coefficient (Wildman–Crippen LogP) is 2.04. The van der Waals surface area contributed by atoms with Gasteiger partial charge in [-0.1, -0.05) is 37.3 Å². The summed E-state index contributed by atoms with van der Waals surface area (Å²) in [5.41, 5.74) is 0.506. The first-order valence-corrected chi connectivity index (χ1v) is 6.91. The lowest BCUT2D eigenvalue weighted by Gasteiger charge is -2.30.